The number of benzene rings is 3. The molecule has 3 aromatic carbocycles. The topological polar surface area (TPSA) is 21.7 Å². The van der Waals surface area contributed by atoms with Crippen LogP contribution in [0.3, 0.4) is 0 Å². The molecule has 178 valence electrons. The molecule has 2 aliphatic rings. The molecule has 1 saturated carbocycles. The Morgan fingerprint density at radius 1 is 0.824 bits per heavy atom. The van der Waals surface area contributed by atoms with Crippen molar-refractivity contribution in [2.24, 2.45) is 0 Å². The number of rotatable bonds is 6. The molecule has 0 bridgehead atoms. The van der Waals surface area contributed by atoms with Gasteiger partial charge in [0.15, 0.2) is 0 Å². The lowest BCUT2D eigenvalue weighted by atomic mass is 10.1. The Kier molecular flexibility index (Phi) is 6.76. The van der Waals surface area contributed by atoms with Gasteiger partial charge in [0, 0.05) is 31.7 Å². The molecule has 0 spiro atoms. The van der Waals surface area contributed by atoms with Crippen molar-refractivity contribution < 1.29 is 9.16 Å². The summed E-state index contributed by atoms with van der Waals surface area (Å²) in [6.07, 6.45) is 2.45. The summed E-state index contributed by atoms with van der Waals surface area (Å²) in [6, 6.07) is 33.2. The lowest BCUT2D eigenvalue weighted by Gasteiger charge is -2.44. The van der Waals surface area contributed by atoms with E-state index in [1.165, 1.54) is 15.9 Å². The predicted molar refractivity (Wildman–Crippen MR) is 142 cm³/mol. The van der Waals surface area contributed by atoms with E-state index in [4.69, 9.17) is 9.16 Å². The van der Waals surface area contributed by atoms with Crippen molar-refractivity contribution in [3.63, 3.8) is 0 Å². The molecular formula is C30H37NO2Si. The number of ether oxygens (including phenoxy) is 1. The van der Waals surface area contributed by atoms with Crippen LogP contribution in [0.1, 0.15) is 39.2 Å². The second-order valence-corrected chi connectivity index (χ2v) is 15.1. The Morgan fingerprint density at radius 3 is 1.94 bits per heavy atom. The largest absolute Gasteiger partial charge is 0.404 e. The third-order valence-electron chi connectivity index (χ3n) is 7.60. The highest BCUT2D eigenvalue weighted by atomic mass is 28.4. The maximum atomic E-state index is 7.46. The zero-order chi connectivity index (χ0) is 23.6. The van der Waals surface area contributed by atoms with Crippen molar-refractivity contribution in [2.45, 2.75) is 63.4 Å². The van der Waals surface area contributed by atoms with E-state index in [1.54, 1.807) is 0 Å². The maximum Gasteiger partial charge on any atom is 0.261 e. The van der Waals surface area contributed by atoms with E-state index in [0.29, 0.717) is 6.04 Å². The molecule has 0 amide bonds. The first kappa shape index (κ1) is 23.5. The Morgan fingerprint density at radius 2 is 1.38 bits per heavy atom. The monoisotopic (exact) mass is 471 g/mol. The van der Waals surface area contributed by atoms with Crippen molar-refractivity contribution in [3.05, 3.63) is 96.6 Å². The van der Waals surface area contributed by atoms with E-state index >= 15 is 0 Å². The molecule has 1 aliphatic carbocycles. The Hall–Kier alpha value is -2.24. The van der Waals surface area contributed by atoms with Crippen LogP contribution >= 0.6 is 0 Å². The smallest absolute Gasteiger partial charge is 0.261 e. The fourth-order valence-corrected chi connectivity index (χ4v) is 10.7. The van der Waals surface area contributed by atoms with Gasteiger partial charge in [-0.2, -0.15) is 0 Å². The molecule has 0 aromatic heterocycles. The van der Waals surface area contributed by atoms with Gasteiger partial charge in [0.25, 0.3) is 8.32 Å². The molecule has 3 aromatic rings. The van der Waals surface area contributed by atoms with Gasteiger partial charge in [-0.3, -0.25) is 4.90 Å². The molecular weight excluding hydrogens is 434 g/mol. The summed E-state index contributed by atoms with van der Waals surface area (Å²) >= 11 is 0. The van der Waals surface area contributed by atoms with Crippen LogP contribution in [0.5, 0.6) is 0 Å². The van der Waals surface area contributed by atoms with Gasteiger partial charge in [-0.25, -0.2) is 0 Å². The van der Waals surface area contributed by atoms with Crippen molar-refractivity contribution >= 4 is 18.7 Å². The standard InChI is InChI=1S/C30H37NO2Si/c1-30(2,3)34(26-15-9-5-10-16-26,27-17-11-6-12-18-27)33-25-21-28-29(22-25)32-20-19-31(28)23-24-13-7-4-8-14-24/h4-18,25,28-29H,19-23H2,1-3H3/t25?,28-,29-/m1/s1. The second-order valence-electron chi connectivity index (χ2n) is 10.8. The molecule has 1 unspecified atom stereocenters. The summed E-state index contributed by atoms with van der Waals surface area (Å²) in [5, 5.41) is 2.70. The lowest BCUT2D eigenvalue weighted by Crippen LogP contribution is -2.67. The van der Waals surface area contributed by atoms with E-state index in [9.17, 15) is 0 Å². The van der Waals surface area contributed by atoms with E-state index in [1.807, 2.05) is 0 Å². The fraction of sp³-hybridized carbons (Fsp3) is 0.400. The van der Waals surface area contributed by atoms with Gasteiger partial charge in [0.05, 0.1) is 12.7 Å². The van der Waals surface area contributed by atoms with Crippen LogP contribution in [-0.4, -0.2) is 44.6 Å². The quantitative estimate of drug-likeness (QED) is 0.473. The van der Waals surface area contributed by atoms with Gasteiger partial charge in [-0.1, -0.05) is 112 Å². The van der Waals surface area contributed by atoms with Gasteiger partial charge in [-0.05, 0) is 27.4 Å². The van der Waals surface area contributed by atoms with Gasteiger partial charge < -0.3 is 9.16 Å². The summed E-state index contributed by atoms with van der Waals surface area (Å²) < 4.78 is 13.8. The van der Waals surface area contributed by atoms with Crippen LogP contribution in [-0.2, 0) is 15.7 Å². The highest BCUT2D eigenvalue weighted by Crippen LogP contribution is 2.41. The number of hydrogen-bond donors (Lipinski definition) is 0. The van der Waals surface area contributed by atoms with Crippen molar-refractivity contribution in [3.8, 4) is 0 Å². The van der Waals surface area contributed by atoms with Crippen LogP contribution < -0.4 is 10.4 Å². The van der Waals surface area contributed by atoms with Crippen LogP contribution in [0.4, 0.5) is 0 Å². The second kappa shape index (κ2) is 9.78. The molecule has 2 fully saturated rings. The van der Waals surface area contributed by atoms with Gasteiger partial charge in [0.2, 0.25) is 0 Å². The van der Waals surface area contributed by atoms with Crippen molar-refractivity contribution in [2.75, 3.05) is 13.2 Å². The predicted octanol–water partition coefficient (Wildman–Crippen LogP) is 5.00. The Labute approximate surface area is 205 Å². The fourth-order valence-electron chi connectivity index (χ4n) is 6.04. The number of hydrogen-bond acceptors (Lipinski definition) is 3. The van der Waals surface area contributed by atoms with Crippen molar-refractivity contribution in [1.29, 1.82) is 0 Å². The molecule has 34 heavy (non-hydrogen) atoms. The number of nitrogens with zero attached hydrogens (tertiary/aromatic N) is 1. The maximum absolute atomic E-state index is 7.46. The Balaban J connectivity index is 1.46. The first-order valence-corrected chi connectivity index (χ1v) is 14.6. The van der Waals surface area contributed by atoms with Gasteiger partial charge in [-0.15, -0.1) is 0 Å². The third kappa shape index (κ3) is 4.52. The lowest BCUT2D eigenvalue weighted by molar-refractivity contribution is -0.0591. The number of morpholine rings is 1. The molecule has 0 N–H and O–H groups in total. The van der Waals surface area contributed by atoms with Gasteiger partial charge >= 0.3 is 0 Å². The summed E-state index contributed by atoms with van der Waals surface area (Å²) in [6.45, 7) is 9.86. The minimum atomic E-state index is -2.55. The first-order chi connectivity index (χ1) is 16.5. The van der Waals surface area contributed by atoms with E-state index in [-0.39, 0.29) is 17.2 Å². The summed E-state index contributed by atoms with van der Waals surface area (Å²) in [4.78, 5) is 2.62. The van der Waals surface area contributed by atoms with Crippen LogP contribution in [0.15, 0.2) is 91.0 Å². The summed E-state index contributed by atoms with van der Waals surface area (Å²) in [5.74, 6) is 0. The first-order valence-electron chi connectivity index (χ1n) is 12.7. The molecule has 1 heterocycles. The van der Waals surface area contributed by atoms with Gasteiger partial charge in [0.1, 0.15) is 0 Å². The molecule has 3 atom stereocenters. The summed E-state index contributed by atoms with van der Waals surface area (Å²) in [5.41, 5.74) is 1.37. The zero-order valence-electron chi connectivity index (χ0n) is 20.7. The molecule has 3 nitrogen and oxygen atoms in total. The van der Waals surface area contributed by atoms with E-state index in [2.05, 4.69) is 117 Å². The minimum absolute atomic E-state index is 0.00590. The third-order valence-corrected chi connectivity index (χ3v) is 12.7. The molecule has 1 saturated heterocycles. The van der Waals surface area contributed by atoms with Crippen LogP contribution in [0.25, 0.3) is 0 Å². The van der Waals surface area contributed by atoms with Crippen LogP contribution in [0.2, 0.25) is 5.04 Å². The molecule has 0 radical (unpaired) electrons. The molecule has 4 heteroatoms. The highest BCUT2D eigenvalue weighted by molar-refractivity contribution is 6.99. The van der Waals surface area contributed by atoms with Crippen molar-refractivity contribution in [1.82, 2.24) is 4.90 Å². The molecule has 5 rings (SSSR count). The van der Waals surface area contributed by atoms with E-state index < -0.39 is 8.32 Å². The molecule has 1 aliphatic heterocycles. The minimum Gasteiger partial charge on any atom is -0.404 e. The average molecular weight is 472 g/mol. The zero-order valence-corrected chi connectivity index (χ0v) is 21.7. The van der Waals surface area contributed by atoms with E-state index in [0.717, 1.165) is 32.5 Å². The highest BCUT2D eigenvalue weighted by Gasteiger charge is 2.53. The Bertz CT molecular complexity index is 1010. The average Bonchev–Trinajstić information content (AvgIpc) is 3.27. The SMILES string of the molecule is CC(C)(C)[Si](OC1C[C@@H]2[C@@H](C1)OCCN2Cc1ccccc1)(c1ccccc1)c1ccccc1. The normalized spacial score (nSPS) is 23.6. The summed E-state index contributed by atoms with van der Waals surface area (Å²) in [7, 11) is -2.55. The van der Waals surface area contributed by atoms with Crippen LogP contribution in [0, 0.1) is 0 Å². The number of fused-ring (bicyclic) bond motifs is 1.